The minimum atomic E-state index is -0.872. The topological polar surface area (TPSA) is 76.4 Å². The Bertz CT molecular complexity index is 848. The number of carbonyl (C=O) groups is 1. The first kappa shape index (κ1) is 16.9. The van der Waals surface area contributed by atoms with Gasteiger partial charge >= 0.3 is 0 Å². The molecule has 0 spiro atoms. The van der Waals surface area contributed by atoms with Crippen LogP contribution in [0.5, 0.6) is 5.75 Å². The number of fused-ring (bicyclic) bond motifs is 1. The van der Waals surface area contributed by atoms with Crippen molar-refractivity contribution >= 4 is 16.8 Å². The molecule has 25 heavy (non-hydrogen) atoms. The zero-order valence-corrected chi connectivity index (χ0v) is 13.4. The van der Waals surface area contributed by atoms with Crippen LogP contribution in [-0.2, 0) is 11.3 Å². The number of nitrogens with one attached hydrogen (secondary N) is 1. The van der Waals surface area contributed by atoms with Crippen LogP contribution in [0.25, 0.3) is 10.9 Å². The van der Waals surface area contributed by atoms with E-state index in [2.05, 4.69) is 10.4 Å². The average Bonchev–Trinajstić information content (AvgIpc) is 3.02. The van der Waals surface area contributed by atoms with Gasteiger partial charge in [0, 0.05) is 11.9 Å². The Balaban J connectivity index is 1.44. The van der Waals surface area contributed by atoms with Gasteiger partial charge in [-0.25, -0.2) is 4.39 Å². The predicted octanol–water partition coefficient (Wildman–Crippen LogP) is 1.73. The van der Waals surface area contributed by atoms with E-state index in [0.717, 1.165) is 10.9 Å². The Morgan fingerprint density at radius 1 is 1.24 bits per heavy atom. The lowest BCUT2D eigenvalue weighted by atomic mass is 10.2. The van der Waals surface area contributed by atoms with Gasteiger partial charge in [-0.05, 0) is 30.3 Å². The lowest BCUT2D eigenvalue weighted by Gasteiger charge is -2.13. The Morgan fingerprint density at radius 3 is 2.80 bits per heavy atom. The zero-order valence-electron chi connectivity index (χ0n) is 13.4. The number of nitrogens with zero attached hydrogens (tertiary/aromatic N) is 2. The van der Waals surface area contributed by atoms with Crippen LogP contribution in [0, 0.1) is 5.82 Å². The molecule has 1 heterocycles. The third-order valence-electron chi connectivity index (χ3n) is 3.64. The van der Waals surface area contributed by atoms with Crippen molar-refractivity contribution in [2.24, 2.45) is 0 Å². The number of halogens is 1. The van der Waals surface area contributed by atoms with Gasteiger partial charge in [0.2, 0.25) is 5.91 Å². The van der Waals surface area contributed by atoms with Crippen molar-refractivity contribution in [3.63, 3.8) is 0 Å². The van der Waals surface area contributed by atoms with E-state index in [4.69, 9.17) is 4.74 Å². The van der Waals surface area contributed by atoms with Crippen molar-refractivity contribution < 1.29 is 19.0 Å². The summed E-state index contributed by atoms with van der Waals surface area (Å²) in [5, 5.41) is 17.7. The van der Waals surface area contributed by atoms with Crippen molar-refractivity contribution in [3.05, 3.63) is 60.5 Å². The summed E-state index contributed by atoms with van der Waals surface area (Å²) in [4.78, 5) is 12.0. The number of rotatable bonds is 7. The summed E-state index contributed by atoms with van der Waals surface area (Å²) < 4.78 is 19.7. The van der Waals surface area contributed by atoms with Gasteiger partial charge in [-0.15, -0.1) is 0 Å². The molecule has 7 heteroatoms. The van der Waals surface area contributed by atoms with E-state index in [0.29, 0.717) is 5.75 Å². The molecule has 0 saturated carbocycles. The minimum Gasteiger partial charge on any atom is -0.491 e. The first-order valence-electron chi connectivity index (χ1n) is 7.85. The van der Waals surface area contributed by atoms with Crippen LogP contribution >= 0.6 is 0 Å². The molecular formula is C18H18FN3O3. The summed E-state index contributed by atoms with van der Waals surface area (Å²) in [5.41, 5.74) is 0.873. The van der Waals surface area contributed by atoms with Crippen molar-refractivity contribution in [2.75, 3.05) is 13.2 Å². The number of aliphatic hydroxyl groups is 1. The molecule has 0 bridgehead atoms. The Hall–Kier alpha value is -2.93. The predicted molar refractivity (Wildman–Crippen MR) is 90.6 cm³/mol. The summed E-state index contributed by atoms with van der Waals surface area (Å²) in [6, 6.07) is 13.1. The molecule has 0 saturated heterocycles. The monoisotopic (exact) mass is 343 g/mol. The number of amides is 1. The first-order valence-corrected chi connectivity index (χ1v) is 7.85. The Labute approximate surface area is 143 Å². The van der Waals surface area contributed by atoms with Gasteiger partial charge < -0.3 is 15.2 Å². The molecule has 2 aromatic carbocycles. The van der Waals surface area contributed by atoms with Crippen molar-refractivity contribution in [1.82, 2.24) is 15.1 Å². The summed E-state index contributed by atoms with van der Waals surface area (Å²) in [6.45, 7) is 0.120. The fraction of sp³-hybridized carbons (Fsp3) is 0.222. The minimum absolute atomic E-state index is 0.00336. The van der Waals surface area contributed by atoms with Crippen molar-refractivity contribution in [3.8, 4) is 5.75 Å². The van der Waals surface area contributed by atoms with Gasteiger partial charge in [0.1, 0.15) is 30.8 Å². The molecule has 1 aromatic heterocycles. The maximum absolute atomic E-state index is 12.8. The molecule has 1 unspecified atom stereocenters. The third-order valence-corrected chi connectivity index (χ3v) is 3.64. The molecule has 0 aliphatic rings. The van der Waals surface area contributed by atoms with Crippen LogP contribution in [0.2, 0.25) is 0 Å². The lowest BCUT2D eigenvalue weighted by molar-refractivity contribution is -0.122. The standard InChI is InChI=1S/C18H18FN3O3/c19-14-5-7-16(8-6-14)25-12-15(23)10-20-18(24)11-22-17-4-2-1-3-13(17)9-21-22/h1-9,15,23H,10-12H2,(H,20,24). The molecule has 6 nitrogen and oxygen atoms in total. The highest BCUT2D eigenvalue weighted by molar-refractivity contribution is 5.81. The van der Waals surface area contributed by atoms with Gasteiger partial charge in [0.25, 0.3) is 0 Å². The number of ether oxygens (including phenoxy) is 1. The Kier molecular flexibility index (Phi) is 5.25. The van der Waals surface area contributed by atoms with Crippen LogP contribution in [0.15, 0.2) is 54.7 Å². The second-order valence-corrected chi connectivity index (χ2v) is 5.58. The molecule has 3 rings (SSSR count). The zero-order chi connectivity index (χ0) is 17.6. The fourth-order valence-corrected chi connectivity index (χ4v) is 2.36. The quantitative estimate of drug-likeness (QED) is 0.685. The molecule has 0 aliphatic carbocycles. The van der Waals surface area contributed by atoms with E-state index in [1.807, 2.05) is 24.3 Å². The average molecular weight is 343 g/mol. The highest BCUT2D eigenvalue weighted by Crippen LogP contribution is 2.12. The first-order chi connectivity index (χ1) is 12.1. The second kappa shape index (κ2) is 7.76. The fourth-order valence-electron chi connectivity index (χ4n) is 2.36. The summed E-state index contributed by atoms with van der Waals surface area (Å²) in [6.07, 6.45) is 0.830. The van der Waals surface area contributed by atoms with E-state index in [-0.39, 0.29) is 31.4 Å². The summed E-state index contributed by atoms with van der Waals surface area (Å²) in [7, 11) is 0. The highest BCUT2D eigenvalue weighted by atomic mass is 19.1. The van der Waals surface area contributed by atoms with E-state index < -0.39 is 6.10 Å². The van der Waals surface area contributed by atoms with Gasteiger partial charge in [-0.1, -0.05) is 18.2 Å². The van der Waals surface area contributed by atoms with Crippen LogP contribution < -0.4 is 10.1 Å². The Morgan fingerprint density at radius 2 is 2.00 bits per heavy atom. The van der Waals surface area contributed by atoms with Crippen LogP contribution in [0.1, 0.15) is 0 Å². The second-order valence-electron chi connectivity index (χ2n) is 5.58. The van der Waals surface area contributed by atoms with Gasteiger partial charge in [-0.2, -0.15) is 5.10 Å². The maximum Gasteiger partial charge on any atom is 0.241 e. The van der Waals surface area contributed by atoms with Gasteiger partial charge in [0.15, 0.2) is 0 Å². The van der Waals surface area contributed by atoms with Crippen LogP contribution in [0.3, 0.4) is 0 Å². The molecule has 0 aliphatic heterocycles. The number of para-hydroxylation sites is 1. The number of hydrogen-bond acceptors (Lipinski definition) is 4. The molecule has 3 aromatic rings. The smallest absolute Gasteiger partial charge is 0.241 e. The van der Waals surface area contributed by atoms with Crippen molar-refractivity contribution in [2.45, 2.75) is 12.6 Å². The largest absolute Gasteiger partial charge is 0.491 e. The molecule has 0 fully saturated rings. The van der Waals surface area contributed by atoms with E-state index in [1.165, 1.54) is 24.3 Å². The highest BCUT2D eigenvalue weighted by Gasteiger charge is 2.10. The van der Waals surface area contributed by atoms with E-state index in [9.17, 15) is 14.3 Å². The van der Waals surface area contributed by atoms with Crippen molar-refractivity contribution in [1.29, 1.82) is 0 Å². The van der Waals surface area contributed by atoms with Gasteiger partial charge in [-0.3, -0.25) is 9.48 Å². The molecule has 2 N–H and O–H groups in total. The molecule has 130 valence electrons. The summed E-state index contributed by atoms with van der Waals surface area (Å²) >= 11 is 0. The van der Waals surface area contributed by atoms with Crippen LogP contribution in [-0.4, -0.2) is 40.0 Å². The number of aromatic nitrogens is 2. The molecule has 1 atom stereocenters. The normalized spacial score (nSPS) is 12.1. The maximum atomic E-state index is 12.8. The molecule has 0 radical (unpaired) electrons. The molecular weight excluding hydrogens is 325 g/mol. The number of benzene rings is 2. The SMILES string of the molecule is O=C(Cn1ncc2ccccc21)NCC(O)COc1ccc(F)cc1. The molecule has 1 amide bonds. The number of aliphatic hydroxyl groups excluding tert-OH is 1. The third kappa shape index (κ3) is 4.54. The lowest BCUT2D eigenvalue weighted by Crippen LogP contribution is -2.37. The van der Waals surface area contributed by atoms with E-state index in [1.54, 1.807) is 10.9 Å². The van der Waals surface area contributed by atoms with E-state index >= 15 is 0 Å². The van der Waals surface area contributed by atoms with Gasteiger partial charge in [0.05, 0.1) is 11.7 Å². The summed E-state index contributed by atoms with van der Waals surface area (Å²) in [5.74, 6) is -0.157. The number of hydrogen-bond donors (Lipinski definition) is 2. The van der Waals surface area contributed by atoms with Crippen LogP contribution in [0.4, 0.5) is 4.39 Å². The number of carbonyl (C=O) groups excluding carboxylic acids is 1.